The number of halogens is 1. The number of nitrogens with zero attached hydrogens (tertiary/aromatic N) is 1. The van der Waals surface area contributed by atoms with E-state index >= 15 is 0 Å². The molecule has 6 heteroatoms. The number of hydrogen-bond acceptors (Lipinski definition) is 4. The number of aryl methyl sites for hydroxylation is 2. The maximum Gasteiger partial charge on any atom is 0.277 e. The largest absolute Gasteiger partial charge is 0.507 e. The molecule has 0 atom stereocenters. The fourth-order valence-corrected chi connectivity index (χ4v) is 2.50. The van der Waals surface area contributed by atoms with Crippen molar-refractivity contribution in [1.29, 1.82) is 0 Å². The Morgan fingerprint density at radius 3 is 2.71 bits per heavy atom. The van der Waals surface area contributed by atoms with Crippen molar-refractivity contribution in [3.05, 3.63) is 57.1 Å². The molecule has 0 bridgehead atoms. The highest BCUT2D eigenvalue weighted by Crippen LogP contribution is 2.25. The van der Waals surface area contributed by atoms with Crippen molar-refractivity contribution in [2.45, 2.75) is 20.8 Å². The van der Waals surface area contributed by atoms with Crippen molar-refractivity contribution in [2.75, 3.05) is 6.61 Å². The van der Waals surface area contributed by atoms with E-state index in [0.29, 0.717) is 5.56 Å². The molecule has 126 valence electrons. The zero-order valence-corrected chi connectivity index (χ0v) is 15.3. The van der Waals surface area contributed by atoms with Crippen molar-refractivity contribution >= 4 is 28.1 Å². The van der Waals surface area contributed by atoms with Gasteiger partial charge in [-0.15, -0.1) is 0 Å². The minimum Gasteiger partial charge on any atom is -0.507 e. The number of amides is 1. The van der Waals surface area contributed by atoms with Crippen LogP contribution in [0.25, 0.3) is 0 Å². The van der Waals surface area contributed by atoms with Crippen molar-refractivity contribution in [1.82, 2.24) is 5.43 Å². The summed E-state index contributed by atoms with van der Waals surface area (Å²) in [4.78, 5) is 11.8. The third kappa shape index (κ3) is 4.58. The van der Waals surface area contributed by atoms with E-state index in [4.69, 9.17) is 4.74 Å². The monoisotopic (exact) mass is 390 g/mol. The second kappa shape index (κ2) is 7.97. The van der Waals surface area contributed by atoms with Crippen LogP contribution in [0.4, 0.5) is 0 Å². The van der Waals surface area contributed by atoms with E-state index in [0.717, 1.165) is 26.9 Å². The smallest absolute Gasteiger partial charge is 0.277 e. The third-order valence-corrected chi connectivity index (χ3v) is 4.10. The molecule has 2 rings (SSSR count). The highest BCUT2D eigenvalue weighted by atomic mass is 79.9. The minimum absolute atomic E-state index is 0.0819. The number of hydrazone groups is 1. The molecule has 0 aliphatic carbocycles. The second-order valence-electron chi connectivity index (χ2n) is 5.44. The van der Waals surface area contributed by atoms with Crippen molar-refractivity contribution in [3.8, 4) is 11.5 Å². The summed E-state index contributed by atoms with van der Waals surface area (Å²) in [6.07, 6.45) is 1.38. The Hall–Kier alpha value is -2.34. The molecule has 0 fully saturated rings. The topological polar surface area (TPSA) is 70.9 Å². The molecule has 1 amide bonds. The Morgan fingerprint density at radius 2 is 1.96 bits per heavy atom. The number of rotatable bonds is 5. The van der Waals surface area contributed by atoms with Gasteiger partial charge in [-0.2, -0.15) is 5.10 Å². The Morgan fingerprint density at radius 1 is 1.25 bits per heavy atom. The highest BCUT2D eigenvalue weighted by molar-refractivity contribution is 9.10. The van der Waals surface area contributed by atoms with E-state index < -0.39 is 0 Å². The molecule has 0 saturated carbocycles. The maximum absolute atomic E-state index is 11.8. The van der Waals surface area contributed by atoms with Gasteiger partial charge in [-0.25, -0.2) is 5.43 Å². The van der Waals surface area contributed by atoms with E-state index in [2.05, 4.69) is 26.5 Å². The number of phenols is 1. The molecule has 2 aromatic carbocycles. The zero-order chi connectivity index (χ0) is 17.7. The Kier molecular flexibility index (Phi) is 5.98. The summed E-state index contributed by atoms with van der Waals surface area (Å²) in [5.74, 6) is 0.429. The molecule has 0 aromatic heterocycles. The number of benzene rings is 2. The van der Waals surface area contributed by atoms with Crippen LogP contribution < -0.4 is 10.2 Å². The van der Waals surface area contributed by atoms with Gasteiger partial charge in [-0.05, 0) is 55.7 Å². The van der Waals surface area contributed by atoms with Gasteiger partial charge in [0.15, 0.2) is 6.61 Å². The summed E-state index contributed by atoms with van der Waals surface area (Å²) in [5.41, 5.74) is 5.99. The number of aromatic hydroxyl groups is 1. The lowest BCUT2D eigenvalue weighted by atomic mass is 10.1. The predicted octanol–water partition coefficient (Wildman–Crippen LogP) is 3.61. The summed E-state index contributed by atoms with van der Waals surface area (Å²) in [7, 11) is 0. The number of nitrogens with one attached hydrogen (secondary N) is 1. The lowest BCUT2D eigenvalue weighted by Gasteiger charge is -2.13. The van der Waals surface area contributed by atoms with Crippen LogP contribution >= 0.6 is 15.9 Å². The van der Waals surface area contributed by atoms with Gasteiger partial charge in [0.05, 0.1) is 6.21 Å². The van der Waals surface area contributed by atoms with Crippen LogP contribution in [0.3, 0.4) is 0 Å². The second-order valence-corrected chi connectivity index (χ2v) is 6.35. The molecule has 24 heavy (non-hydrogen) atoms. The number of phenolic OH excluding ortho intramolecular Hbond substituents is 1. The molecular weight excluding hydrogens is 372 g/mol. The first-order valence-corrected chi connectivity index (χ1v) is 8.18. The molecule has 0 saturated heterocycles. The minimum atomic E-state index is -0.374. The lowest BCUT2D eigenvalue weighted by Crippen LogP contribution is -2.25. The van der Waals surface area contributed by atoms with Crippen molar-refractivity contribution in [2.24, 2.45) is 5.10 Å². The summed E-state index contributed by atoms with van der Waals surface area (Å²) >= 11 is 3.31. The Balaban J connectivity index is 1.94. The number of ether oxygens (including phenoxy) is 1. The predicted molar refractivity (Wildman–Crippen MR) is 97.7 cm³/mol. The van der Waals surface area contributed by atoms with E-state index in [1.165, 1.54) is 6.21 Å². The fourth-order valence-electron chi connectivity index (χ4n) is 2.12. The standard InChI is InChI=1S/C18H19BrN2O3/c1-11-4-5-12(2)18(13(11)3)24-10-17(23)21-20-9-14-8-15(19)6-7-16(14)22/h4-9,22H,10H2,1-3H3,(H,21,23)/b20-9+. The molecule has 0 heterocycles. The van der Waals surface area contributed by atoms with Gasteiger partial charge in [0.2, 0.25) is 0 Å². The molecule has 0 aliphatic heterocycles. The SMILES string of the molecule is Cc1ccc(C)c(OCC(=O)N/N=C/c2cc(Br)ccc2O)c1C. The number of carbonyl (C=O) groups excluding carboxylic acids is 1. The lowest BCUT2D eigenvalue weighted by molar-refractivity contribution is -0.123. The van der Waals surface area contributed by atoms with E-state index in [1.807, 2.05) is 32.9 Å². The molecule has 0 spiro atoms. The number of carbonyl (C=O) groups is 1. The highest BCUT2D eigenvalue weighted by Gasteiger charge is 2.09. The van der Waals surface area contributed by atoms with E-state index in [-0.39, 0.29) is 18.3 Å². The fraction of sp³-hybridized carbons (Fsp3) is 0.222. The molecule has 0 aliphatic rings. The quantitative estimate of drug-likeness (QED) is 0.604. The van der Waals surface area contributed by atoms with E-state index in [9.17, 15) is 9.90 Å². The van der Waals surface area contributed by atoms with Crippen molar-refractivity contribution < 1.29 is 14.6 Å². The van der Waals surface area contributed by atoms with Crippen LogP contribution in [0.1, 0.15) is 22.3 Å². The molecule has 2 aromatic rings. The van der Waals surface area contributed by atoms with Gasteiger partial charge in [0.25, 0.3) is 5.91 Å². The van der Waals surface area contributed by atoms with Crippen LogP contribution in [0.15, 0.2) is 39.9 Å². The summed E-state index contributed by atoms with van der Waals surface area (Å²) < 4.78 is 6.42. The Bertz CT molecular complexity index is 788. The van der Waals surface area contributed by atoms with Crippen LogP contribution in [-0.2, 0) is 4.79 Å². The summed E-state index contributed by atoms with van der Waals surface area (Å²) in [6, 6.07) is 8.93. The van der Waals surface area contributed by atoms with Crippen LogP contribution in [0.5, 0.6) is 11.5 Å². The third-order valence-electron chi connectivity index (χ3n) is 3.60. The number of hydrogen-bond donors (Lipinski definition) is 2. The van der Waals surface area contributed by atoms with Gasteiger partial charge in [0, 0.05) is 10.0 Å². The molecular formula is C18H19BrN2O3. The Labute approximate surface area is 149 Å². The van der Waals surface area contributed by atoms with E-state index in [1.54, 1.807) is 18.2 Å². The summed E-state index contributed by atoms with van der Waals surface area (Å²) in [6.45, 7) is 5.76. The molecule has 5 nitrogen and oxygen atoms in total. The van der Waals surface area contributed by atoms with Crippen molar-refractivity contribution in [3.63, 3.8) is 0 Å². The first-order valence-electron chi connectivity index (χ1n) is 7.38. The van der Waals surface area contributed by atoms with Gasteiger partial charge in [0.1, 0.15) is 11.5 Å². The van der Waals surface area contributed by atoms with Gasteiger partial charge in [-0.1, -0.05) is 28.1 Å². The summed E-state index contributed by atoms with van der Waals surface area (Å²) in [5, 5.41) is 13.5. The average Bonchev–Trinajstić information content (AvgIpc) is 2.54. The maximum atomic E-state index is 11.8. The van der Waals surface area contributed by atoms with Gasteiger partial charge in [-0.3, -0.25) is 4.79 Å². The van der Waals surface area contributed by atoms with Gasteiger partial charge < -0.3 is 9.84 Å². The molecule has 0 unspecified atom stereocenters. The first kappa shape index (κ1) is 18.0. The average molecular weight is 391 g/mol. The first-order chi connectivity index (χ1) is 11.4. The van der Waals surface area contributed by atoms with Crippen LogP contribution in [0.2, 0.25) is 0 Å². The van der Waals surface area contributed by atoms with Crippen LogP contribution in [-0.4, -0.2) is 23.8 Å². The van der Waals surface area contributed by atoms with Gasteiger partial charge >= 0.3 is 0 Å². The normalized spacial score (nSPS) is 10.8. The van der Waals surface area contributed by atoms with Crippen LogP contribution in [0, 0.1) is 20.8 Å². The molecule has 0 radical (unpaired) electrons. The zero-order valence-electron chi connectivity index (χ0n) is 13.8. The molecule has 2 N–H and O–H groups in total.